The monoisotopic (exact) mass is 253 g/mol. The molecule has 1 unspecified atom stereocenters. The molecule has 1 aromatic rings. The number of nitrogens with zero attached hydrogens (tertiary/aromatic N) is 1. The van der Waals surface area contributed by atoms with Gasteiger partial charge in [-0.05, 0) is 20.0 Å². The summed E-state index contributed by atoms with van der Waals surface area (Å²) in [7, 11) is 1.38. The summed E-state index contributed by atoms with van der Waals surface area (Å²) in [4.78, 5) is 23.0. The largest absolute Gasteiger partial charge is 0.508 e. The molecule has 6 nitrogen and oxygen atoms in total. The Morgan fingerprint density at radius 1 is 1.33 bits per heavy atom. The van der Waals surface area contributed by atoms with E-state index in [-0.39, 0.29) is 11.3 Å². The summed E-state index contributed by atoms with van der Waals surface area (Å²) in [6.45, 7) is 1.34. The third-order valence-corrected chi connectivity index (χ3v) is 2.54. The van der Waals surface area contributed by atoms with E-state index in [1.54, 1.807) is 13.0 Å². The van der Waals surface area contributed by atoms with Gasteiger partial charge in [0.05, 0.1) is 6.54 Å². The van der Waals surface area contributed by atoms with Gasteiger partial charge in [-0.3, -0.25) is 14.5 Å². The molecular weight excluding hydrogens is 238 g/mol. The van der Waals surface area contributed by atoms with E-state index < -0.39 is 24.5 Å². The highest BCUT2D eigenvalue weighted by Gasteiger charge is 2.28. The van der Waals surface area contributed by atoms with Crippen LogP contribution in [0.2, 0.25) is 0 Å². The van der Waals surface area contributed by atoms with Crippen LogP contribution in [-0.4, -0.2) is 45.8 Å². The number of hydrogen-bond acceptors (Lipinski definition) is 4. The van der Waals surface area contributed by atoms with E-state index in [0.29, 0.717) is 0 Å². The molecule has 0 radical (unpaired) electrons. The molecule has 0 saturated carbocycles. The first kappa shape index (κ1) is 14.0. The van der Waals surface area contributed by atoms with Crippen molar-refractivity contribution in [1.82, 2.24) is 4.90 Å². The Morgan fingerprint density at radius 2 is 1.94 bits per heavy atom. The first-order chi connectivity index (χ1) is 8.32. The van der Waals surface area contributed by atoms with Crippen molar-refractivity contribution >= 4 is 11.9 Å². The van der Waals surface area contributed by atoms with Gasteiger partial charge in [0.25, 0.3) is 0 Å². The van der Waals surface area contributed by atoms with Crippen molar-refractivity contribution < 1.29 is 24.9 Å². The van der Waals surface area contributed by atoms with Gasteiger partial charge in [0.15, 0.2) is 0 Å². The Bertz CT molecular complexity index is 472. The fourth-order valence-corrected chi connectivity index (χ4v) is 1.76. The number of benzene rings is 1. The van der Waals surface area contributed by atoms with Crippen LogP contribution in [0.3, 0.4) is 0 Å². The molecule has 18 heavy (non-hydrogen) atoms. The standard InChI is InChI=1S/C12H15NO5/c1-7-3-4-9(14)8(5-7)11(12(17)18)13(2)6-10(15)16/h3-5,11,14H,6H2,1-2H3,(H,15,16)(H,17,18). The second kappa shape index (κ2) is 5.50. The molecule has 0 amide bonds. The molecule has 0 spiro atoms. The Balaban J connectivity index is 3.15. The maximum absolute atomic E-state index is 11.2. The van der Waals surface area contributed by atoms with E-state index >= 15 is 0 Å². The molecule has 0 aliphatic heterocycles. The average Bonchev–Trinajstić information content (AvgIpc) is 2.21. The van der Waals surface area contributed by atoms with Gasteiger partial charge in [-0.1, -0.05) is 17.7 Å². The lowest BCUT2D eigenvalue weighted by Crippen LogP contribution is -2.34. The second-order valence-corrected chi connectivity index (χ2v) is 4.11. The molecule has 98 valence electrons. The summed E-state index contributed by atoms with van der Waals surface area (Å²) in [6.07, 6.45) is 0. The van der Waals surface area contributed by atoms with E-state index in [0.717, 1.165) is 10.5 Å². The molecule has 1 atom stereocenters. The SMILES string of the molecule is Cc1ccc(O)c(C(C(=O)O)N(C)CC(=O)O)c1. The van der Waals surface area contributed by atoms with E-state index in [4.69, 9.17) is 5.11 Å². The zero-order valence-electron chi connectivity index (χ0n) is 10.1. The molecule has 0 aliphatic rings. The van der Waals surface area contributed by atoms with Crippen LogP contribution >= 0.6 is 0 Å². The van der Waals surface area contributed by atoms with E-state index in [9.17, 15) is 19.8 Å². The number of rotatable bonds is 5. The summed E-state index contributed by atoms with van der Waals surface area (Å²) in [5.41, 5.74) is 0.976. The molecule has 1 aromatic carbocycles. The lowest BCUT2D eigenvalue weighted by atomic mass is 10.0. The first-order valence-electron chi connectivity index (χ1n) is 5.27. The molecule has 6 heteroatoms. The van der Waals surface area contributed by atoms with Gasteiger partial charge >= 0.3 is 11.9 Å². The van der Waals surface area contributed by atoms with Crippen LogP contribution in [0.5, 0.6) is 5.75 Å². The smallest absolute Gasteiger partial charge is 0.325 e. The van der Waals surface area contributed by atoms with Gasteiger partial charge in [-0.25, -0.2) is 0 Å². The number of likely N-dealkylation sites (N-methyl/N-ethyl adjacent to an activating group) is 1. The number of aromatic hydroxyl groups is 1. The minimum absolute atomic E-state index is 0.162. The molecule has 1 rings (SSSR count). The molecule has 0 bridgehead atoms. The molecular formula is C12H15NO5. The van der Waals surface area contributed by atoms with Gasteiger partial charge in [-0.15, -0.1) is 0 Å². The highest BCUT2D eigenvalue weighted by atomic mass is 16.4. The van der Waals surface area contributed by atoms with Gasteiger partial charge < -0.3 is 15.3 Å². The highest BCUT2D eigenvalue weighted by Crippen LogP contribution is 2.29. The van der Waals surface area contributed by atoms with Crippen LogP contribution in [0.25, 0.3) is 0 Å². The maximum atomic E-state index is 11.2. The number of aliphatic carboxylic acids is 2. The lowest BCUT2D eigenvalue weighted by Gasteiger charge is -2.24. The number of phenolic OH excluding ortho intramolecular Hbond substituents is 1. The van der Waals surface area contributed by atoms with Crippen LogP contribution in [-0.2, 0) is 9.59 Å². The number of phenols is 1. The summed E-state index contributed by atoms with van der Waals surface area (Å²) < 4.78 is 0. The summed E-state index contributed by atoms with van der Waals surface area (Å²) in [6, 6.07) is 3.39. The predicted octanol–water partition coefficient (Wildman–Crippen LogP) is 0.843. The fourth-order valence-electron chi connectivity index (χ4n) is 1.76. The van der Waals surface area contributed by atoms with E-state index in [1.807, 2.05) is 0 Å². The normalized spacial score (nSPS) is 12.4. The minimum atomic E-state index is -1.21. The van der Waals surface area contributed by atoms with Crippen LogP contribution in [0.15, 0.2) is 18.2 Å². The minimum Gasteiger partial charge on any atom is -0.508 e. The van der Waals surface area contributed by atoms with Crippen molar-refractivity contribution in [1.29, 1.82) is 0 Å². The highest BCUT2D eigenvalue weighted by molar-refractivity contribution is 5.78. The van der Waals surface area contributed by atoms with Crippen LogP contribution in [0, 0.1) is 6.92 Å². The molecule has 0 aromatic heterocycles. The number of carboxylic acids is 2. The quantitative estimate of drug-likeness (QED) is 0.719. The van der Waals surface area contributed by atoms with Crippen LogP contribution in [0.1, 0.15) is 17.2 Å². The molecule has 0 aliphatic carbocycles. The van der Waals surface area contributed by atoms with E-state index in [2.05, 4.69) is 0 Å². The lowest BCUT2D eigenvalue weighted by molar-refractivity contribution is -0.145. The summed E-state index contributed by atoms with van der Waals surface area (Å²) in [5, 5.41) is 27.6. The van der Waals surface area contributed by atoms with Crippen LogP contribution in [0.4, 0.5) is 0 Å². The molecule has 3 N–H and O–H groups in total. The van der Waals surface area contributed by atoms with Crippen LogP contribution < -0.4 is 0 Å². The number of carbonyl (C=O) groups is 2. The number of hydrogen-bond donors (Lipinski definition) is 3. The third kappa shape index (κ3) is 3.21. The van der Waals surface area contributed by atoms with Gasteiger partial charge in [0.1, 0.15) is 11.8 Å². The van der Waals surface area contributed by atoms with Gasteiger partial charge in [0.2, 0.25) is 0 Å². The zero-order valence-corrected chi connectivity index (χ0v) is 10.1. The third-order valence-electron chi connectivity index (χ3n) is 2.54. The molecule has 0 fully saturated rings. The average molecular weight is 253 g/mol. The van der Waals surface area contributed by atoms with Gasteiger partial charge in [0, 0.05) is 5.56 Å². The van der Waals surface area contributed by atoms with E-state index in [1.165, 1.54) is 19.2 Å². The molecule has 0 saturated heterocycles. The van der Waals surface area contributed by atoms with Crippen molar-refractivity contribution in [2.75, 3.05) is 13.6 Å². The van der Waals surface area contributed by atoms with Crippen molar-refractivity contribution in [2.24, 2.45) is 0 Å². The fraction of sp³-hybridized carbons (Fsp3) is 0.333. The van der Waals surface area contributed by atoms with Crippen molar-refractivity contribution in [3.63, 3.8) is 0 Å². The Morgan fingerprint density at radius 3 is 2.44 bits per heavy atom. The van der Waals surface area contributed by atoms with Crippen molar-refractivity contribution in [2.45, 2.75) is 13.0 Å². The topological polar surface area (TPSA) is 98.1 Å². The Labute approximate surface area is 104 Å². The zero-order chi connectivity index (χ0) is 13.9. The maximum Gasteiger partial charge on any atom is 0.325 e. The second-order valence-electron chi connectivity index (χ2n) is 4.11. The summed E-state index contributed by atoms with van der Waals surface area (Å²) >= 11 is 0. The number of aryl methyl sites for hydroxylation is 1. The molecule has 0 heterocycles. The van der Waals surface area contributed by atoms with Crippen molar-refractivity contribution in [3.05, 3.63) is 29.3 Å². The Kier molecular flexibility index (Phi) is 4.28. The van der Waals surface area contributed by atoms with Gasteiger partial charge in [-0.2, -0.15) is 0 Å². The van der Waals surface area contributed by atoms with Crippen molar-refractivity contribution in [3.8, 4) is 5.75 Å². The predicted molar refractivity (Wildman–Crippen MR) is 63.5 cm³/mol. The Hall–Kier alpha value is -2.08. The summed E-state index contributed by atoms with van der Waals surface area (Å²) in [5.74, 6) is -2.50. The first-order valence-corrected chi connectivity index (χ1v) is 5.27. The number of carboxylic acid groups (broad SMARTS) is 2.